The van der Waals surface area contributed by atoms with Crippen molar-refractivity contribution < 1.29 is 27.1 Å². The Bertz CT molecular complexity index is 597. The molecule has 20 heavy (non-hydrogen) atoms. The SMILES string of the molecule is Cc1ccc(C(=O)Cc2ccc(OC(F)(F)F)cc2)o1. The summed E-state index contributed by atoms with van der Waals surface area (Å²) in [6.45, 7) is 1.72. The lowest BCUT2D eigenvalue weighted by Gasteiger charge is -2.08. The van der Waals surface area contributed by atoms with Gasteiger partial charge in [-0.15, -0.1) is 13.2 Å². The molecule has 106 valence electrons. The van der Waals surface area contributed by atoms with Crippen LogP contribution in [0.1, 0.15) is 21.9 Å². The lowest BCUT2D eigenvalue weighted by atomic mass is 10.1. The van der Waals surface area contributed by atoms with Crippen molar-refractivity contribution in [2.24, 2.45) is 0 Å². The second-order valence-electron chi connectivity index (χ2n) is 4.20. The predicted octanol–water partition coefficient (Wildman–Crippen LogP) is 3.91. The molecule has 0 spiro atoms. The van der Waals surface area contributed by atoms with Gasteiger partial charge in [-0.05, 0) is 36.8 Å². The summed E-state index contributed by atoms with van der Waals surface area (Å²) in [7, 11) is 0. The van der Waals surface area contributed by atoms with Crippen molar-refractivity contribution in [3.63, 3.8) is 0 Å². The van der Waals surface area contributed by atoms with Crippen molar-refractivity contribution in [2.75, 3.05) is 0 Å². The molecule has 0 saturated carbocycles. The fraction of sp³-hybridized carbons (Fsp3) is 0.214. The van der Waals surface area contributed by atoms with Crippen LogP contribution >= 0.6 is 0 Å². The van der Waals surface area contributed by atoms with Gasteiger partial charge in [0.2, 0.25) is 5.78 Å². The monoisotopic (exact) mass is 284 g/mol. The lowest BCUT2D eigenvalue weighted by Crippen LogP contribution is -2.17. The van der Waals surface area contributed by atoms with Crippen LogP contribution in [-0.4, -0.2) is 12.1 Å². The normalized spacial score (nSPS) is 11.4. The molecule has 0 bridgehead atoms. The first kappa shape index (κ1) is 14.2. The van der Waals surface area contributed by atoms with Gasteiger partial charge in [0.1, 0.15) is 11.5 Å². The smallest absolute Gasteiger partial charge is 0.458 e. The summed E-state index contributed by atoms with van der Waals surface area (Å²) in [6, 6.07) is 8.41. The number of carbonyl (C=O) groups is 1. The highest BCUT2D eigenvalue weighted by Gasteiger charge is 2.30. The Morgan fingerprint density at radius 1 is 1.15 bits per heavy atom. The van der Waals surface area contributed by atoms with Crippen LogP contribution in [0.3, 0.4) is 0 Å². The van der Waals surface area contributed by atoms with Gasteiger partial charge in [-0.3, -0.25) is 4.79 Å². The number of halogens is 3. The molecular formula is C14H11F3O3. The molecule has 0 aliphatic carbocycles. The summed E-state index contributed by atoms with van der Waals surface area (Å²) < 4.78 is 44.9. The van der Waals surface area contributed by atoms with Crippen molar-refractivity contribution in [1.82, 2.24) is 0 Å². The van der Waals surface area contributed by atoms with Gasteiger partial charge >= 0.3 is 6.36 Å². The van der Waals surface area contributed by atoms with E-state index in [1.54, 1.807) is 19.1 Å². The number of carbonyl (C=O) groups excluding carboxylic acids is 1. The number of Topliss-reactive ketones (excluding diaryl/α,β-unsaturated/α-hetero) is 1. The van der Waals surface area contributed by atoms with Crippen molar-refractivity contribution in [3.05, 3.63) is 53.5 Å². The number of ketones is 1. The van der Waals surface area contributed by atoms with E-state index < -0.39 is 6.36 Å². The molecule has 1 aromatic carbocycles. The number of furan rings is 1. The molecule has 0 radical (unpaired) electrons. The molecule has 0 aliphatic heterocycles. The zero-order valence-corrected chi connectivity index (χ0v) is 10.5. The summed E-state index contributed by atoms with van der Waals surface area (Å²) >= 11 is 0. The van der Waals surface area contributed by atoms with Crippen LogP contribution in [0.15, 0.2) is 40.8 Å². The van der Waals surface area contributed by atoms with E-state index in [-0.39, 0.29) is 23.7 Å². The Labute approximate surface area is 113 Å². The van der Waals surface area contributed by atoms with Crippen LogP contribution in [0.25, 0.3) is 0 Å². The molecule has 0 N–H and O–H groups in total. The summed E-state index contributed by atoms with van der Waals surface area (Å²) in [5.74, 6) is 0.311. The van der Waals surface area contributed by atoms with Gasteiger partial charge in [0.15, 0.2) is 5.76 Å². The number of alkyl halides is 3. The first-order chi connectivity index (χ1) is 9.33. The lowest BCUT2D eigenvalue weighted by molar-refractivity contribution is -0.274. The average Bonchev–Trinajstić information content (AvgIpc) is 2.77. The standard InChI is InChI=1S/C14H11F3O3/c1-9-2-7-13(19-9)12(18)8-10-3-5-11(6-4-10)20-14(15,16)17/h2-7H,8H2,1H3. The van der Waals surface area contributed by atoms with E-state index >= 15 is 0 Å². The largest absolute Gasteiger partial charge is 0.573 e. The third kappa shape index (κ3) is 3.88. The van der Waals surface area contributed by atoms with E-state index in [4.69, 9.17) is 4.42 Å². The zero-order chi connectivity index (χ0) is 14.8. The van der Waals surface area contributed by atoms with E-state index in [1.165, 1.54) is 24.3 Å². The van der Waals surface area contributed by atoms with Gasteiger partial charge in [-0.25, -0.2) is 0 Å². The number of rotatable bonds is 4. The van der Waals surface area contributed by atoms with Crippen molar-refractivity contribution in [2.45, 2.75) is 19.7 Å². The maximum atomic E-state index is 12.0. The number of benzene rings is 1. The van der Waals surface area contributed by atoms with Gasteiger partial charge in [-0.2, -0.15) is 0 Å². The molecule has 2 rings (SSSR count). The summed E-state index contributed by atoms with van der Waals surface area (Å²) in [5, 5.41) is 0. The Kier molecular flexibility index (Phi) is 3.83. The molecule has 0 saturated heterocycles. The number of aryl methyl sites for hydroxylation is 1. The van der Waals surface area contributed by atoms with E-state index in [0.717, 1.165) is 0 Å². The van der Waals surface area contributed by atoms with E-state index in [0.29, 0.717) is 11.3 Å². The van der Waals surface area contributed by atoms with Crippen molar-refractivity contribution in [1.29, 1.82) is 0 Å². The molecule has 1 aromatic heterocycles. The summed E-state index contributed by atoms with van der Waals surface area (Å²) in [5.41, 5.74) is 0.582. The van der Waals surface area contributed by atoms with Crippen LogP contribution in [0.5, 0.6) is 5.75 Å². The summed E-state index contributed by atoms with van der Waals surface area (Å²) in [4.78, 5) is 11.8. The Morgan fingerprint density at radius 3 is 2.30 bits per heavy atom. The first-order valence-electron chi connectivity index (χ1n) is 5.78. The topological polar surface area (TPSA) is 39.4 Å². The molecule has 0 aliphatic rings. The van der Waals surface area contributed by atoms with Crippen LogP contribution < -0.4 is 4.74 Å². The van der Waals surface area contributed by atoms with Crippen LogP contribution in [0.4, 0.5) is 13.2 Å². The third-order valence-corrected chi connectivity index (χ3v) is 2.54. The van der Waals surface area contributed by atoms with Gasteiger partial charge in [0, 0.05) is 6.42 Å². The number of hydrogen-bond acceptors (Lipinski definition) is 3. The van der Waals surface area contributed by atoms with E-state index in [1.807, 2.05) is 0 Å². The Balaban J connectivity index is 2.02. The minimum Gasteiger partial charge on any atom is -0.458 e. The Morgan fingerprint density at radius 2 is 1.80 bits per heavy atom. The predicted molar refractivity (Wildman–Crippen MR) is 64.6 cm³/mol. The highest BCUT2D eigenvalue weighted by atomic mass is 19.4. The van der Waals surface area contributed by atoms with Gasteiger partial charge < -0.3 is 9.15 Å². The van der Waals surface area contributed by atoms with Gasteiger partial charge in [0.25, 0.3) is 0 Å². The van der Waals surface area contributed by atoms with Crippen molar-refractivity contribution in [3.8, 4) is 5.75 Å². The minimum atomic E-state index is -4.72. The molecule has 2 aromatic rings. The first-order valence-corrected chi connectivity index (χ1v) is 5.78. The van der Waals surface area contributed by atoms with Crippen molar-refractivity contribution >= 4 is 5.78 Å². The quantitative estimate of drug-likeness (QED) is 0.799. The average molecular weight is 284 g/mol. The number of ether oxygens (including phenoxy) is 1. The molecule has 0 unspecified atom stereocenters. The second-order valence-corrected chi connectivity index (χ2v) is 4.20. The minimum absolute atomic E-state index is 0.0548. The highest BCUT2D eigenvalue weighted by molar-refractivity contribution is 5.95. The fourth-order valence-corrected chi connectivity index (χ4v) is 1.67. The molecule has 0 atom stereocenters. The Hall–Kier alpha value is -2.24. The van der Waals surface area contributed by atoms with Gasteiger partial charge in [-0.1, -0.05) is 12.1 Å². The van der Waals surface area contributed by atoms with E-state index in [9.17, 15) is 18.0 Å². The second kappa shape index (κ2) is 5.40. The summed E-state index contributed by atoms with van der Waals surface area (Å²) in [6.07, 6.45) is -4.66. The molecule has 0 amide bonds. The molecular weight excluding hydrogens is 273 g/mol. The van der Waals surface area contributed by atoms with Crippen LogP contribution in [0.2, 0.25) is 0 Å². The van der Waals surface area contributed by atoms with Crippen LogP contribution in [0, 0.1) is 6.92 Å². The fourth-order valence-electron chi connectivity index (χ4n) is 1.67. The third-order valence-electron chi connectivity index (χ3n) is 2.54. The molecule has 3 nitrogen and oxygen atoms in total. The van der Waals surface area contributed by atoms with Gasteiger partial charge in [0.05, 0.1) is 0 Å². The van der Waals surface area contributed by atoms with Crippen LogP contribution in [-0.2, 0) is 6.42 Å². The number of hydrogen-bond donors (Lipinski definition) is 0. The molecule has 6 heteroatoms. The van der Waals surface area contributed by atoms with E-state index in [2.05, 4.69) is 4.74 Å². The zero-order valence-electron chi connectivity index (χ0n) is 10.5. The molecule has 0 fully saturated rings. The molecule has 1 heterocycles. The highest BCUT2D eigenvalue weighted by Crippen LogP contribution is 2.23. The maximum absolute atomic E-state index is 12.0. The maximum Gasteiger partial charge on any atom is 0.573 e.